The summed E-state index contributed by atoms with van der Waals surface area (Å²) in [7, 11) is -3.30. The Kier molecular flexibility index (Phi) is 7.23. The number of carbonyl (C=O) groups excluding carboxylic acids is 1. The third-order valence-electron chi connectivity index (χ3n) is 6.08. The molecule has 0 unspecified atom stereocenters. The molecule has 11 nitrogen and oxygen atoms in total. The van der Waals surface area contributed by atoms with Gasteiger partial charge >= 0.3 is 0 Å². The van der Waals surface area contributed by atoms with Crippen LogP contribution in [0.4, 0.5) is 5.69 Å². The van der Waals surface area contributed by atoms with Crippen LogP contribution in [0, 0.1) is 11.3 Å². The summed E-state index contributed by atoms with van der Waals surface area (Å²) in [4.78, 5) is 22.0. The molecule has 0 aliphatic carbocycles. The van der Waals surface area contributed by atoms with Crippen LogP contribution < -0.4 is 10.6 Å². The van der Waals surface area contributed by atoms with E-state index in [1.807, 2.05) is 13.8 Å². The maximum atomic E-state index is 13.2. The van der Waals surface area contributed by atoms with Crippen molar-refractivity contribution in [3.05, 3.63) is 41.9 Å². The number of aromatic nitrogens is 4. The molecule has 190 valence electrons. The predicted octanol–water partition coefficient (Wildman–Crippen LogP) is 2.44. The minimum absolute atomic E-state index is 0.0574. The molecule has 0 radical (unpaired) electrons. The minimum atomic E-state index is -3.30. The quantitative estimate of drug-likeness (QED) is 0.493. The summed E-state index contributed by atoms with van der Waals surface area (Å²) in [5, 5.41) is 20.1. The van der Waals surface area contributed by atoms with Crippen LogP contribution >= 0.6 is 0 Å². The summed E-state index contributed by atoms with van der Waals surface area (Å²) in [6.45, 7) is 8.06. The number of fused-ring (bicyclic) bond motifs is 1. The topological polar surface area (TPSA) is 146 Å². The average Bonchev–Trinajstić information content (AvgIpc) is 3.27. The highest BCUT2D eigenvalue weighted by atomic mass is 32.2. The van der Waals surface area contributed by atoms with Crippen LogP contribution in [-0.2, 0) is 10.0 Å². The highest BCUT2D eigenvalue weighted by molar-refractivity contribution is 7.89. The monoisotopic (exact) mass is 510 g/mol. The zero-order chi connectivity index (χ0) is 26.0. The van der Waals surface area contributed by atoms with Crippen LogP contribution in [0.25, 0.3) is 16.9 Å². The van der Waals surface area contributed by atoms with Crippen LogP contribution in [0.1, 0.15) is 56.5 Å². The van der Waals surface area contributed by atoms with Crippen LogP contribution in [0.5, 0.6) is 0 Å². The summed E-state index contributed by atoms with van der Waals surface area (Å²) in [6, 6.07) is 5.45. The number of pyridine rings is 2. The van der Waals surface area contributed by atoms with E-state index in [2.05, 4.69) is 31.8 Å². The van der Waals surface area contributed by atoms with Gasteiger partial charge in [-0.15, -0.1) is 0 Å². The molecular formula is C24H30N8O3S. The lowest BCUT2D eigenvalue weighted by atomic mass is 10.1. The van der Waals surface area contributed by atoms with Gasteiger partial charge in [-0.25, -0.2) is 22.7 Å². The van der Waals surface area contributed by atoms with Gasteiger partial charge in [-0.3, -0.25) is 4.79 Å². The van der Waals surface area contributed by atoms with Crippen molar-refractivity contribution in [1.29, 1.82) is 5.26 Å². The molecule has 0 aromatic carbocycles. The number of amides is 1. The van der Waals surface area contributed by atoms with E-state index in [9.17, 15) is 13.2 Å². The van der Waals surface area contributed by atoms with Crippen molar-refractivity contribution >= 4 is 32.7 Å². The van der Waals surface area contributed by atoms with Crippen molar-refractivity contribution in [2.24, 2.45) is 0 Å². The normalized spacial score (nSPS) is 15.4. The lowest BCUT2D eigenvalue weighted by Crippen LogP contribution is -2.48. The Morgan fingerprint density at radius 2 is 1.83 bits per heavy atom. The number of hydrogen-bond acceptors (Lipinski definition) is 8. The zero-order valence-electron chi connectivity index (χ0n) is 20.8. The van der Waals surface area contributed by atoms with E-state index in [4.69, 9.17) is 5.26 Å². The van der Waals surface area contributed by atoms with Crippen molar-refractivity contribution in [2.45, 2.75) is 57.9 Å². The predicted molar refractivity (Wildman–Crippen MR) is 136 cm³/mol. The Balaban J connectivity index is 1.54. The number of nitrogens with zero attached hydrogens (tertiary/aromatic N) is 6. The van der Waals surface area contributed by atoms with Crippen molar-refractivity contribution in [3.8, 4) is 11.9 Å². The Bertz CT molecular complexity index is 1420. The second-order valence-electron chi connectivity index (χ2n) is 9.43. The standard InChI is InChI=1S/C24H30N8O3S/c1-15(2)29-21-10-22(32-23-18(13-28-32)9-17(11-25)12-27-23)26-14-20(21)24(33)30-19-5-7-31(8-6-19)36(34,35)16(3)4/h9-10,12-16,19H,5-8H2,1-4H3,(H,26,29)(H,30,33). The van der Waals surface area contributed by atoms with Gasteiger partial charge < -0.3 is 10.6 Å². The Morgan fingerprint density at radius 1 is 1.11 bits per heavy atom. The highest BCUT2D eigenvalue weighted by Crippen LogP contribution is 2.23. The van der Waals surface area contributed by atoms with Gasteiger partial charge in [0.2, 0.25) is 10.0 Å². The molecule has 4 heterocycles. The third-order valence-corrected chi connectivity index (χ3v) is 8.35. The molecule has 4 rings (SSSR count). The summed E-state index contributed by atoms with van der Waals surface area (Å²) in [6.07, 6.45) is 5.70. The zero-order valence-corrected chi connectivity index (χ0v) is 21.6. The number of rotatable bonds is 7. The van der Waals surface area contributed by atoms with Gasteiger partial charge in [0.25, 0.3) is 5.91 Å². The van der Waals surface area contributed by atoms with Gasteiger partial charge in [-0.1, -0.05) is 0 Å². The van der Waals surface area contributed by atoms with E-state index >= 15 is 0 Å². The first-order valence-electron chi connectivity index (χ1n) is 11.9. The lowest BCUT2D eigenvalue weighted by molar-refractivity contribution is 0.0924. The molecule has 36 heavy (non-hydrogen) atoms. The molecule has 3 aromatic rings. The first-order valence-corrected chi connectivity index (χ1v) is 13.4. The number of carbonyl (C=O) groups is 1. The highest BCUT2D eigenvalue weighted by Gasteiger charge is 2.31. The molecule has 0 bridgehead atoms. The van der Waals surface area contributed by atoms with E-state index in [0.717, 1.165) is 0 Å². The van der Waals surface area contributed by atoms with Crippen molar-refractivity contribution in [3.63, 3.8) is 0 Å². The molecule has 1 aliphatic heterocycles. The van der Waals surface area contributed by atoms with Crippen molar-refractivity contribution < 1.29 is 13.2 Å². The summed E-state index contributed by atoms with van der Waals surface area (Å²) < 4.78 is 27.9. The molecule has 1 amide bonds. The summed E-state index contributed by atoms with van der Waals surface area (Å²) in [5.74, 6) is 0.207. The van der Waals surface area contributed by atoms with Crippen molar-refractivity contribution in [2.75, 3.05) is 18.4 Å². The van der Waals surface area contributed by atoms with Crippen LogP contribution in [0.2, 0.25) is 0 Å². The molecule has 12 heteroatoms. The van der Waals surface area contributed by atoms with E-state index in [0.29, 0.717) is 59.6 Å². The smallest absolute Gasteiger partial charge is 0.255 e. The van der Waals surface area contributed by atoms with Gasteiger partial charge in [0.05, 0.1) is 28.3 Å². The van der Waals surface area contributed by atoms with Crippen LogP contribution in [0.3, 0.4) is 0 Å². The molecule has 0 saturated carbocycles. The molecular weight excluding hydrogens is 480 g/mol. The Morgan fingerprint density at radius 3 is 2.47 bits per heavy atom. The van der Waals surface area contributed by atoms with E-state index in [1.165, 1.54) is 16.7 Å². The van der Waals surface area contributed by atoms with Crippen molar-refractivity contribution in [1.82, 2.24) is 29.4 Å². The summed E-state index contributed by atoms with van der Waals surface area (Å²) >= 11 is 0. The molecule has 3 aromatic heterocycles. The Labute approximate surface area is 210 Å². The minimum Gasteiger partial charge on any atom is -0.382 e. The fourth-order valence-corrected chi connectivity index (χ4v) is 5.45. The molecule has 0 atom stereocenters. The van der Waals surface area contributed by atoms with Gasteiger partial charge in [-0.05, 0) is 46.6 Å². The van der Waals surface area contributed by atoms with Gasteiger partial charge in [0, 0.05) is 49.0 Å². The number of nitriles is 1. The molecule has 2 N–H and O–H groups in total. The van der Waals surface area contributed by atoms with Gasteiger partial charge in [0.15, 0.2) is 11.5 Å². The largest absolute Gasteiger partial charge is 0.382 e. The van der Waals surface area contributed by atoms with E-state index in [1.54, 1.807) is 36.9 Å². The molecule has 1 fully saturated rings. The molecule has 1 aliphatic rings. The summed E-state index contributed by atoms with van der Waals surface area (Å²) in [5.41, 5.74) is 1.99. The maximum Gasteiger partial charge on any atom is 0.255 e. The number of anilines is 1. The third kappa shape index (κ3) is 5.17. The van der Waals surface area contributed by atoms with Crippen LogP contribution in [0.15, 0.2) is 30.7 Å². The maximum absolute atomic E-state index is 13.2. The Hall–Kier alpha value is -3.56. The number of piperidine rings is 1. The average molecular weight is 511 g/mol. The SMILES string of the molecule is CC(C)Nc1cc(-n2ncc3cc(C#N)cnc32)ncc1C(=O)NC1CCN(S(=O)(=O)C(C)C)CC1. The van der Waals surface area contributed by atoms with Gasteiger partial charge in [-0.2, -0.15) is 15.0 Å². The first-order chi connectivity index (χ1) is 17.1. The second kappa shape index (κ2) is 10.2. The lowest BCUT2D eigenvalue weighted by Gasteiger charge is -2.32. The molecule has 1 saturated heterocycles. The number of nitrogens with one attached hydrogen (secondary N) is 2. The van der Waals surface area contributed by atoms with Crippen LogP contribution in [-0.4, -0.2) is 68.8 Å². The number of sulfonamides is 1. The first kappa shape index (κ1) is 25.5. The number of hydrogen-bond donors (Lipinski definition) is 2. The fraction of sp³-hybridized carbons (Fsp3) is 0.458. The second-order valence-corrected chi connectivity index (χ2v) is 11.9. The van der Waals surface area contributed by atoms with Gasteiger partial charge in [0.1, 0.15) is 6.07 Å². The van der Waals surface area contributed by atoms with E-state index < -0.39 is 15.3 Å². The van der Waals surface area contributed by atoms with E-state index in [-0.39, 0.29) is 18.0 Å². The fourth-order valence-electron chi connectivity index (χ4n) is 4.14. The molecule has 0 spiro atoms.